The first-order chi connectivity index (χ1) is 10.8. The Morgan fingerprint density at radius 2 is 1.52 bits per heavy atom. The molecule has 23 heavy (non-hydrogen) atoms. The molecule has 9 heteroatoms. The summed E-state index contributed by atoms with van der Waals surface area (Å²) in [5.41, 5.74) is 15.9. The zero-order chi connectivity index (χ0) is 17.1. The first-order valence-electron chi connectivity index (χ1n) is 6.90. The number of para-hydroxylation sites is 1. The van der Waals surface area contributed by atoms with Gasteiger partial charge in [0.1, 0.15) is 24.7 Å². The molecular formula is C14H17F4N5. The quantitative estimate of drug-likeness (QED) is 0.437. The second-order valence-electron chi connectivity index (χ2n) is 5.25. The number of hydrogen-bond acceptors (Lipinski definition) is 1. The van der Waals surface area contributed by atoms with Gasteiger partial charge in [-0.15, -0.1) is 0 Å². The van der Waals surface area contributed by atoms with E-state index in [1.54, 1.807) is 0 Å². The molecule has 0 radical (unpaired) electrons. The monoisotopic (exact) mass is 331 g/mol. The van der Waals surface area contributed by atoms with Gasteiger partial charge in [0.15, 0.2) is 5.96 Å². The van der Waals surface area contributed by atoms with Crippen LogP contribution in [0, 0.1) is 0 Å². The molecule has 1 fully saturated rings. The number of guanidine groups is 2. The third-order valence-electron chi connectivity index (χ3n) is 3.60. The maximum Gasteiger partial charge on any atom is 0.223 e. The van der Waals surface area contributed by atoms with Gasteiger partial charge in [0.2, 0.25) is 5.96 Å². The van der Waals surface area contributed by atoms with Crippen LogP contribution in [0.1, 0.15) is 17.9 Å². The number of nitrogens with zero attached hydrogens (tertiary/aromatic N) is 2. The highest BCUT2D eigenvalue weighted by molar-refractivity contribution is 5.93. The van der Waals surface area contributed by atoms with Crippen LogP contribution in [-0.4, -0.2) is 36.6 Å². The summed E-state index contributed by atoms with van der Waals surface area (Å²) in [5.74, 6) is -2.31. The van der Waals surface area contributed by atoms with Crippen molar-refractivity contribution in [2.24, 2.45) is 27.2 Å². The summed E-state index contributed by atoms with van der Waals surface area (Å²) in [6, 6.07) is 5.77. The molecule has 1 aromatic carbocycles. The molecule has 4 atom stereocenters. The first kappa shape index (κ1) is 17.0. The minimum atomic E-state index is -2.18. The maximum absolute atomic E-state index is 14.1. The lowest BCUT2D eigenvalue weighted by Crippen LogP contribution is -2.44. The van der Waals surface area contributed by atoms with Crippen molar-refractivity contribution in [3.8, 4) is 0 Å². The van der Waals surface area contributed by atoms with Gasteiger partial charge in [-0.25, -0.2) is 22.6 Å². The van der Waals surface area contributed by atoms with Crippen molar-refractivity contribution >= 4 is 17.6 Å². The Morgan fingerprint density at radius 3 is 2.09 bits per heavy atom. The van der Waals surface area contributed by atoms with Gasteiger partial charge in [-0.1, -0.05) is 18.2 Å². The number of aliphatic imine (C=N–C) groups is 2. The van der Waals surface area contributed by atoms with E-state index in [0.717, 1.165) is 0 Å². The average Bonchev–Trinajstić information content (AvgIpc) is 2.46. The predicted octanol–water partition coefficient (Wildman–Crippen LogP) is 1.75. The molecule has 0 heterocycles. The minimum absolute atomic E-state index is 0.00578. The number of rotatable bonds is 2. The van der Waals surface area contributed by atoms with E-state index in [1.807, 2.05) is 0 Å². The smallest absolute Gasteiger partial charge is 0.223 e. The zero-order valence-electron chi connectivity index (χ0n) is 12.0. The number of benzene rings is 1. The van der Waals surface area contributed by atoms with Gasteiger partial charge in [0, 0.05) is 6.42 Å². The highest BCUT2D eigenvalue weighted by Crippen LogP contribution is 2.43. The van der Waals surface area contributed by atoms with Crippen LogP contribution in [0.15, 0.2) is 34.3 Å². The van der Waals surface area contributed by atoms with Crippen LogP contribution in [-0.2, 0) is 0 Å². The summed E-state index contributed by atoms with van der Waals surface area (Å²) in [6.07, 6.45) is -9.35. The van der Waals surface area contributed by atoms with Crippen LogP contribution < -0.4 is 17.2 Å². The molecule has 0 aliphatic heterocycles. The van der Waals surface area contributed by atoms with Crippen molar-refractivity contribution < 1.29 is 17.6 Å². The topological polar surface area (TPSA) is 103 Å². The Bertz CT molecular complexity index is 603. The van der Waals surface area contributed by atoms with E-state index in [-0.39, 0.29) is 23.2 Å². The molecule has 1 aromatic rings. The molecule has 6 N–H and O–H groups in total. The molecule has 1 aliphatic rings. The molecule has 5 nitrogen and oxygen atoms in total. The molecule has 0 aromatic heterocycles. The normalized spacial score (nSPS) is 31.7. The summed E-state index contributed by atoms with van der Waals surface area (Å²) < 4.78 is 55.5. The third kappa shape index (κ3) is 3.72. The number of halogens is 4. The summed E-state index contributed by atoms with van der Waals surface area (Å²) in [4.78, 5) is 7.35. The van der Waals surface area contributed by atoms with E-state index in [2.05, 4.69) is 9.98 Å². The molecular weight excluding hydrogens is 314 g/mol. The van der Waals surface area contributed by atoms with Crippen LogP contribution in [0.2, 0.25) is 0 Å². The summed E-state index contributed by atoms with van der Waals surface area (Å²) >= 11 is 0. The molecule has 0 bridgehead atoms. The van der Waals surface area contributed by atoms with E-state index in [4.69, 9.17) is 17.2 Å². The van der Waals surface area contributed by atoms with Crippen LogP contribution >= 0.6 is 0 Å². The van der Waals surface area contributed by atoms with Crippen LogP contribution in [0.25, 0.3) is 0 Å². The molecule has 1 saturated carbocycles. The Labute approximate surface area is 130 Å². The predicted molar refractivity (Wildman–Crippen MR) is 80.5 cm³/mol. The lowest BCUT2D eigenvalue weighted by atomic mass is 9.78. The summed E-state index contributed by atoms with van der Waals surface area (Å²) in [6.45, 7) is 0. The van der Waals surface area contributed by atoms with Gasteiger partial charge in [-0.3, -0.25) is 0 Å². The van der Waals surface area contributed by atoms with Gasteiger partial charge in [0.05, 0.1) is 11.6 Å². The Kier molecular flexibility index (Phi) is 5.07. The van der Waals surface area contributed by atoms with Crippen molar-refractivity contribution in [2.45, 2.75) is 37.0 Å². The fourth-order valence-electron chi connectivity index (χ4n) is 2.60. The van der Waals surface area contributed by atoms with Gasteiger partial charge in [-0.2, -0.15) is 4.99 Å². The molecule has 0 amide bonds. The largest absolute Gasteiger partial charge is 0.370 e. The Hall–Kier alpha value is -2.32. The Morgan fingerprint density at radius 1 is 0.957 bits per heavy atom. The number of alkyl halides is 4. The van der Waals surface area contributed by atoms with E-state index in [9.17, 15) is 17.6 Å². The van der Waals surface area contributed by atoms with E-state index in [1.165, 1.54) is 24.3 Å². The lowest BCUT2D eigenvalue weighted by Gasteiger charge is -2.34. The molecule has 2 rings (SSSR count). The van der Waals surface area contributed by atoms with Crippen molar-refractivity contribution in [1.82, 2.24) is 0 Å². The fraction of sp³-hybridized carbons (Fsp3) is 0.429. The second-order valence-corrected chi connectivity index (χ2v) is 5.25. The maximum atomic E-state index is 14.1. The highest BCUT2D eigenvalue weighted by Gasteiger charge is 2.47. The summed E-state index contributed by atoms with van der Waals surface area (Å²) in [7, 11) is 0. The minimum Gasteiger partial charge on any atom is -0.370 e. The van der Waals surface area contributed by atoms with Gasteiger partial charge < -0.3 is 17.2 Å². The van der Waals surface area contributed by atoms with Crippen molar-refractivity contribution in [2.75, 3.05) is 0 Å². The number of hydrogen-bond donors (Lipinski definition) is 3. The molecule has 0 saturated heterocycles. The van der Waals surface area contributed by atoms with Gasteiger partial charge >= 0.3 is 0 Å². The molecule has 126 valence electrons. The Balaban J connectivity index is 2.45. The van der Waals surface area contributed by atoms with E-state index in [0.29, 0.717) is 0 Å². The van der Waals surface area contributed by atoms with Crippen molar-refractivity contribution in [3.63, 3.8) is 0 Å². The van der Waals surface area contributed by atoms with Gasteiger partial charge in [0.25, 0.3) is 0 Å². The summed E-state index contributed by atoms with van der Waals surface area (Å²) in [5, 5.41) is 0. The van der Waals surface area contributed by atoms with Crippen molar-refractivity contribution in [3.05, 3.63) is 29.8 Å². The van der Waals surface area contributed by atoms with Gasteiger partial charge in [-0.05, 0) is 11.6 Å². The average molecular weight is 331 g/mol. The lowest BCUT2D eigenvalue weighted by molar-refractivity contribution is -0.00553. The second kappa shape index (κ2) is 6.84. The van der Waals surface area contributed by atoms with Crippen LogP contribution in [0.3, 0.4) is 0 Å². The standard InChI is InChI=1S/C14H17F4N5/c15-7-5-8(16)12(18)10(11(7)17)6-3-1-2-4-9(6)22-14(21)23-13(19)20/h1-4,7-8,10-12H,5H2,(H6,19,20,21,22,23). The van der Waals surface area contributed by atoms with Crippen LogP contribution in [0.4, 0.5) is 23.2 Å². The zero-order valence-corrected chi connectivity index (χ0v) is 12.0. The molecule has 4 unspecified atom stereocenters. The number of nitrogens with two attached hydrogens (primary N) is 3. The van der Waals surface area contributed by atoms with Crippen molar-refractivity contribution in [1.29, 1.82) is 0 Å². The third-order valence-corrected chi connectivity index (χ3v) is 3.60. The fourth-order valence-corrected chi connectivity index (χ4v) is 2.60. The molecule has 1 aliphatic carbocycles. The van der Waals surface area contributed by atoms with E-state index < -0.39 is 37.0 Å². The van der Waals surface area contributed by atoms with Crippen LogP contribution in [0.5, 0.6) is 0 Å². The SMILES string of the molecule is NC(N)=NC(N)=Nc1ccccc1C1C(F)C(F)CC(F)C1F. The highest BCUT2D eigenvalue weighted by atomic mass is 19.2. The van der Waals surface area contributed by atoms with E-state index >= 15 is 0 Å². The molecule has 0 spiro atoms. The first-order valence-corrected chi connectivity index (χ1v) is 6.90.